The zero-order valence-electron chi connectivity index (χ0n) is 16.2. The Balaban J connectivity index is 1.68. The van der Waals surface area contributed by atoms with E-state index in [4.69, 9.17) is 23.8 Å². The molecule has 1 amide bonds. The molecular formula is C20H28ClN4OS+. The number of para-hydroxylation sites is 1. The van der Waals surface area contributed by atoms with Crippen molar-refractivity contribution in [1.29, 1.82) is 0 Å². The maximum absolute atomic E-state index is 12.4. The topological polar surface area (TPSA) is 43.4 Å². The van der Waals surface area contributed by atoms with E-state index in [0.29, 0.717) is 30.0 Å². The number of rotatable bonds is 6. The number of carbonyl (C=O) groups excluding carboxylic acids is 1. The predicted octanol–water partition coefficient (Wildman–Crippen LogP) is 3.52. The Morgan fingerprint density at radius 2 is 1.93 bits per heavy atom. The quantitative estimate of drug-likeness (QED) is 0.719. The fourth-order valence-electron chi connectivity index (χ4n) is 3.92. The van der Waals surface area contributed by atoms with Crippen LogP contribution in [0.3, 0.4) is 0 Å². The Morgan fingerprint density at radius 1 is 1.26 bits per heavy atom. The number of quaternary nitrogens is 1. The molecule has 0 saturated heterocycles. The van der Waals surface area contributed by atoms with E-state index in [9.17, 15) is 4.79 Å². The van der Waals surface area contributed by atoms with Crippen molar-refractivity contribution >= 4 is 35.4 Å². The smallest absolute Gasteiger partial charge is 0.279 e. The third-order valence-corrected chi connectivity index (χ3v) is 6.20. The molecule has 27 heavy (non-hydrogen) atoms. The van der Waals surface area contributed by atoms with Crippen LogP contribution in [0.25, 0.3) is 0 Å². The summed E-state index contributed by atoms with van der Waals surface area (Å²) < 4.78 is 5.37. The first-order valence-electron chi connectivity index (χ1n) is 9.52. The molecule has 0 spiro atoms. The number of amides is 1. The molecule has 1 unspecified atom stereocenters. The molecule has 0 radical (unpaired) electrons. The van der Waals surface area contributed by atoms with E-state index in [2.05, 4.69) is 28.3 Å². The summed E-state index contributed by atoms with van der Waals surface area (Å²) in [5.74, 6) is -0.0586. The number of imidazole rings is 1. The summed E-state index contributed by atoms with van der Waals surface area (Å²) in [7, 11) is 2.01. The van der Waals surface area contributed by atoms with Crippen LogP contribution >= 0.6 is 23.8 Å². The van der Waals surface area contributed by atoms with Crippen LogP contribution in [0.2, 0.25) is 5.02 Å². The number of benzene rings is 1. The van der Waals surface area contributed by atoms with Crippen molar-refractivity contribution in [3.63, 3.8) is 0 Å². The third-order valence-electron chi connectivity index (χ3n) is 5.45. The van der Waals surface area contributed by atoms with Gasteiger partial charge >= 0.3 is 0 Å². The molecule has 7 heteroatoms. The Hall–Kier alpha value is -1.63. The Morgan fingerprint density at radius 3 is 2.59 bits per heavy atom. The lowest BCUT2D eigenvalue weighted by molar-refractivity contribution is -0.894. The second kappa shape index (κ2) is 8.59. The summed E-state index contributed by atoms with van der Waals surface area (Å²) in [6.07, 6.45) is 4.98. The van der Waals surface area contributed by atoms with Gasteiger partial charge in [0.15, 0.2) is 18.0 Å². The summed E-state index contributed by atoms with van der Waals surface area (Å²) in [5.41, 5.74) is 3.09. The van der Waals surface area contributed by atoms with E-state index in [0.717, 1.165) is 9.67 Å². The van der Waals surface area contributed by atoms with E-state index >= 15 is 0 Å². The van der Waals surface area contributed by atoms with Gasteiger partial charge in [0.1, 0.15) is 0 Å². The first-order chi connectivity index (χ1) is 12.9. The lowest BCUT2D eigenvalue weighted by atomic mass is 10.2. The van der Waals surface area contributed by atoms with Crippen molar-refractivity contribution in [2.75, 3.05) is 18.9 Å². The van der Waals surface area contributed by atoms with Crippen LogP contribution in [0, 0.1) is 18.6 Å². The summed E-state index contributed by atoms with van der Waals surface area (Å²) in [4.78, 5) is 13.5. The number of hydrogen-bond donors (Lipinski definition) is 2. The van der Waals surface area contributed by atoms with Gasteiger partial charge in [-0.25, -0.2) is 0 Å². The van der Waals surface area contributed by atoms with Gasteiger partial charge in [-0.3, -0.25) is 9.36 Å². The van der Waals surface area contributed by atoms with Crippen LogP contribution in [0.5, 0.6) is 0 Å². The largest absolute Gasteiger partial charge is 0.320 e. The summed E-state index contributed by atoms with van der Waals surface area (Å²) in [6, 6.07) is 7.81. The molecule has 5 nitrogen and oxygen atoms in total. The standard InChI is InChI=1S/C20H27ClN4OS/c1-14-15(2)25(16-8-4-5-9-16)20(27)24(14)13-23(3)12-19(26)22-18-11-7-6-10-17(18)21/h6-7,10-11,16H,4-5,8-9,12-13H2,1-3H3,(H,22,26)/p+1. The molecule has 1 aliphatic rings. The molecule has 2 N–H and O–H groups in total. The maximum atomic E-state index is 12.4. The van der Waals surface area contributed by atoms with Crippen molar-refractivity contribution in [3.8, 4) is 0 Å². The van der Waals surface area contributed by atoms with E-state index in [1.54, 1.807) is 12.1 Å². The fourth-order valence-corrected chi connectivity index (χ4v) is 4.59. The third kappa shape index (κ3) is 4.45. The first kappa shape index (κ1) is 20.1. The van der Waals surface area contributed by atoms with Gasteiger partial charge in [-0.05, 0) is 51.0 Å². The van der Waals surface area contributed by atoms with Crippen molar-refractivity contribution < 1.29 is 9.69 Å². The molecule has 1 aromatic carbocycles. The molecule has 1 aromatic heterocycles. The SMILES string of the molecule is Cc1c(C)n(C2CCCC2)c(=S)n1C[NH+](C)CC(=O)Nc1ccccc1Cl. The van der Waals surface area contributed by atoms with Crippen molar-refractivity contribution in [3.05, 3.63) is 45.4 Å². The van der Waals surface area contributed by atoms with Crippen LogP contribution in [-0.2, 0) is 11.5 Å². The molecule has 0 aliphatic heterocycles. The highest BCUT2D eigenvalue weighted by Crippen LogP contribution is 2.32. The average molecular weight is 408 g/mol. The normalized spacial score (nSPS) is 15.9. The van der Waals surface area contributed by atoms with Gasteiger partial charge in [0.25, 0.3) is 5.91 Å². The van der Waals surface area contributed by atoms with Gasteiger partial charge in [0, 0.05) is 17.4 Å². The van der Waals surface area contributed by atoms with Crippen LogP contribution in [-0.4, -0.2) is 28.6 Å². The zero-order chi connectivity index (χ0) is 19.6. The number of aromatic nitrogens is 2. The highest BCUT2D eigenvalue weighted by Gasteiger charge is 2.23. The number of likely N-dealkylation sites (N-methyl/N-ethyl adjacent to an activating group) is 1. The van der Waals surface area contributed by atoms with E-state index in [1.807, 2.05) is 19.2 Å². The summed E-state index contributed by atoms with van der Waals surface area (Å²) >= 11 is 11.9. The fraction of sp³-hybridized carbons (Fsp3) is 0.500. The highest BCUT2D eigenvalue weighted by molar-refractivity contribution is 7.71. The minimum atomic E-state index is -0.0586. The van der Waals surface area contributed by atoms with Gasteiger partial charge in [-0.15, -0.1) is 0 Å². The Kier molecular flexibility index (Phi) is 6.40. The molecule has 1 saturated carbocycles. The van der Waals surface area contributed by atoms with Crippen molar-refractivity contribution in [2.24, 2.45) is 0 Å². The minimum absolute atomic E-state index is 0.0586. The second-order valence-corrected chi connectivity index (χ2v) is 8.28. The molecule has 1 aliphatic carbocycles. The van der Waals surface area contributed by atoms with Crippen molar-refractivity contribution in [2.45, 2.75) is 52.2 Å². The first-order valence-corrected chi connectivity index (χ1v) is 10.3. The van der Waals surface area contributed by atoms with Gasteiger partial charge < -0.3 is 14.8 Å². The monoisotopic (exact) mass is 407 g/mol. The van der Waals surface area contributed by atoms with Gasteiger partial charge in [-0.2, -0.15) is 0 Å². The lowest BCUT2D eigenvalue weighted by Gasteiger charge is -2.16. The van der Waals surface area contributed by atoms with Gasteiger partial charge in [-0.1, -0.05) is 36.6 Å². The number of anilines is 1. The zero-order valence-corrected chi connectivity index (χ0v) is 17.8. The molecule has 1 fully saturated rings. The summed E-state index contributed by atoms with van der Waals surface area (Å²) in [6.45, 7) is 5.29. The van der Waals surface area contributed by atoms with Crippen LogP contribution < -0.4 is 10.2 Å². The second-order valence-electron chi connectivity index (χ2n) is 7.51. The number of carbonyl (C=O) groups is 1. The van der Waals surface area contributed by atoms with Crippen LogP contribution in [0.15, 0.2) is 24.3 Å². The van der Waals surface area contributed by atoms with E-state index in [1.165, 1.54) is 37.1 Å². The number of nitrogens with zero attached hydrogens (tertiary/aromatic N) is 2. The Bertz CT molecular complexity index is 883. The average Bonchev–Trinajstić information content (AvgIpc) is 3.20. The minimum Gasteiger partial charge on any atom is -0.320 e. The predicted molar refractivity (Wildman–Crippen MR) is 112 cm³/mol. The molecule has 0 bridgehead atoms. The molecule has 2 aromatic rings. The van der Waals surface area contributed by atoms with E-state index < -0.39 is 0 Å². The molecular weight excluding hydrogens is 380 g/mol. The van der Waals surface area contributed by atoms with Crippen LogP contribution in [0.4, 0.5) is 5.69 Å². The highest BCUT2D eigenvalue weighted by atomic mass is 35.5. The number of hydrogen-bond acceptors (Lipinski definition) is 2. The van der Waals surface area contributed by atoms with Crippen molar-refractivity contribution in [1.82, 2.24) is 9.13 Å². The lowest BCUT2D eigenvalue weighted by Crippen LogP contribution is -3.09. The van der Waals surface area contributed by atoms with Gasteiger partial charge in [0.2, 0.25) is 0 Å². The molecule has 1 atom stereocenters. The Labute approximate surface area is 170 Å². The van der Waals surface area contributed by atoms with E-state index in [-0.39, 0.29) is 5.91 Å². The number of nitrogens with one attached hydrogen (secondary N) is 2. The molecule has 1 heterocycles. The maximum Gasteiger partial charge on any atom is 0.279 e. The van der Waals surface area contributed by atoms with Gasteiger partial charge in [0.05, 0.1) is 17.8 Å². The van der Waals surface area contributed by atoms with Crippen LogP contribution in [0.1, 0.15) is 43.1 Å². The molecule has 146 valence electrons. The number of halogens is 1. The molecule has 3 rings (SSSR count). The summed E-state index contributed by atoms with van der Waals surface area (Å²) in [5, 5.41) is 3.43.